The molecule has 0 bridgehead atoms. The van der Waals surface area contributed by atoms with Gasteiger partial charge < -0.3 is 33.7 Å². The molecule has 0 fully saturated rings. The second kappa shape index (κ2) is 20.7. The zero-order valence-corrected chi connectivity index (χ0v) is 28.4. The standard InChI is InChI=1S/C37H53NO8/c1-7-30(25-33(41)15-19-46-36(42)37(3,4)5)35-26-31(14-16-38(35)6)34-13-12-29(24-32(34)27-39)11-9-18-44-21-23-45-22-20-43-17-8-10-28(2)40/h7,12-14,16,24,26,39H,1,8-11,15,17-23,25,27H2,2-6H3/b35-30+. The SMILES string of the molecule is C=C/C(CC(=O)CCOC(=O)C(C)(C)C)=C1/C=C(c2ccc(CCCOCCOCCOCCCC(C)=O)cc2CO)C=CN1C. The van der Waals surface area contributed by atoms with Crippen molar-refractivity contribution in [2.45, 2.75) is 72.8 Å². The van der Waals surface area contributed by atoms with E-state index in [4.69, 9.17) is 18.9 Å². The van der Waals surface area contributed by atoms with E-state index in [-0.39, 0.29) is 43.6 Å². The molecule has 2 rings (SSSR count). The zero-order valence-electron chi connectivity index (χ0n) is 28.4. The first-order chi connectivity index (χ1) is 22.0. The van der Waals surface area contributed by atoms with Gasteiger partial charge in [-0.2, -0.15) is 0 Å². The fourth-order valence-corrected chi connectivity index (χ4v) is 4.66. The molecule has 46 heavy (non-hydrogen) atoms. The molecule has 1 aromatic carbocycles. The van der Waals surface area contributed by atoms with E-state index in [1.54, 1.807) is 33.8 Å². The van der Waals surface area contributed by atoms with Gasteiger partial charge >= 0.3 is 5.97 Å². The third kappa shape index (κ3) is 14.4. The maximum absolute atomic E-state index is 12.7. The second-order valence-electron chi connectivity index (χ2n) is 12.4. The number of benzene rings is 1. The molecule has 9 heteroatoms. The fraction of sp³-hybridized carbons (Fsp3) is 0.541. The van der Waals surface area contributed by atoms with E-state index in [0.717, 1.165) is 52.8 Å². The van der Waals surface area contributed by atoms with Crippen molar-refractivity contribution in [3.8, 4) is 0 Å². The van der Waals surface area contributed by atoms with E-state index in [1.165, 1.54) is 0 Å². The number of likely N-dealkylation sites (N-methyl/N-ethyl adjacent to an activating group) is 1. The Morgan fingerprint density at radius 2 is 1.59 bits per heavy atom. The van der Waals surface area contributed by atoms with Gasteiger partial charge in [-0.1, -0.05) is 30.9 Å². The van der Waals surface area contributed by atoms with Crippen LogP contribution in [0.2, 0.25) is 0 Å². The zero-order chi connectivity index (χ0) is 34.0. The Kier molecular flexibility index (Phi) is 17.5. The molecule has 1 N–H and O–H groups in total. The van der Waals surface area contributed by atoms with Crippen molar-refractivity contribution in [1.82, 2.24) is 4.90 Å². The minimum absolute atomic E-state index is 0.0397. The molecule has 0 saturated carbocycles. The van der Waals surface area contributed by atoms with E-state index in [2.05, 4.69) is 12.6 Å². The molecule has 0 atom stereocenters. The van der Waals surface area contributed by atoms with Crippen molar-refractivity contribution < 1.29 is 38.4 Å². The molecule has 0 spiro atoms. The lowest BCUT2D eigenvalue weighted by Crippen LogP contribution is -2.24. The first-order valence-corrected chi connectivity index (χ1v) is 16.1. The number of carbonyl (C=O) groups is 3. The number of esters is 1. The third-order valence-electron chi connectivity index (χ3n) is 7.31. The third-order valence-corrected chi connectivity index (χ3v) is 7.31. The second-order valence-corrected chi connectivity index (χ2v) is 12.4. The van der Waals surface area contributed by atoms with E-state index in [9.17, 15) is 19.5 Å². The van der Waals surface area contributed by atoms with Crippen LogP contribution in [0.4, 0.5) is 0 Å². The van der Waals surface area contributed by atoms with Crippen molar-refractivity contribution in [1.29, 1.82) is 0 Å². The number of ether oxygens (including phenoxy) is 4. The number of nitrogens with zero attached hydrogens (tertiary/aromatic N) is 1. The van der Waals surface area contributed by atoms with Crippen LogP contribution in [0.1, 0.15) is 76.5 Å². The van der Waals surface area contributed by atoms with Gasteiger partial charge in [0.25, 0.3) is 0 Å². The van der Waals surface area contributed by atoms with Crippen molar-refractivity contribution in [2.75, 3.05) is 53.3 Å². The van der Waals surface area contributed by atoms with Crippen LogP contribution >= 0.6 is 0 Å². The van der Waals surface area contributed by atoms with Gasteiger partial charge in [-0.15, -0.1) is 0 Å². The summed E-state index contributed by atoms with van der Waals surface area (Å²) in [7, 11) is 1.91. The smallest absolute Gasteiger partial charge is 0.311 e. The molecule has 0 aromatic heterocycles. The highest BCUT2D eigenvalue weighted by Gasteiger charge is 2.23. The molecule has 0 unspecified atom stereocenters. The number of rotatable bonds is 22. The molecule has 1 aliphatic rings. The lowest BCUT2D eigenvalue weighted by molar-refractivity contribution is -0.153. The average molecular weight is 640 g/mol. The summed E-state index contributed by atoms with van der Waals surface area (Å²) in [4.78, 5) is 37.6. The topological polar surface area (TPSA) is 112 Å². The predicted molar refractivity (Wildman–Crippen MR) is 180 cm³/mol. The van der Waals surface area contributed by atoms with Crippen molar-refractivity contribution in [3.63, 3.8) is 0 Å². The Bertz CT molecular complexity index is 1250. The lowest BCUT2D eigenvalue weighted by atomic mass is 9.93. The van der Waals surface area contributed by atoms with E-state index in [0.29, 0.717) is 46.1 Å². The predicted octanol–water partition coefficient (Wildman–Crippen LogP) is 5.75. The number of aliphatic hydroxyl groups excluding tert-OH is 1. The van der Waals surface area contributed by atoms with Crippen LogP contribution in [0.25, 0.3) is 5.57 Å². The highest BCUT2D eigenvalue weighted by Crippen LogP contribution is 2.30. The Balaban J connectivity index is 1.87. The minimum Gasteiger partial charge on any atom is -0.465 e. The first-order valence-electron chi connectivity index (χ1n) is 16.1. The molecule has 9 nitrogen and oxygen atoms in total. The number of carbonyl (C=O) groups excluding carboxylic acids is 3. The number of ketones is 2. The highest BCUT2D eigenvalue weighted by atomic mass is 16.5. The number of Topliss-reactive ketones (excluding diaryl/α,β-unsaturated/α-hetero) is 2. The maximum atomic E-state index is 12.7. The van der Waals surface area contributed by atoms with Gasteiger partial charge in [-0.3, -0.25) is 9.59 Å². The van der Waals surface area contributed by atoms with E-state index >= 15 is 0 Å². The fourth-order valence-electron chi connectivity index (χ4n) is 4.66. The molecule has 254 valence electrons. The van der Waals surface area contributed by atoms with Crippen molar-refractivity contribution in [3.05, 3.63) is 77.2 Å². The number of allylic oxidation sites excluding steroid dienone is 5. The molecule has 1 aliphatic heterocycles. The molecular formula is C37H53NO8. The molecular weight excluding hydrogens is 586 g/mol. The van der Waals surface area contributed by atoms with Gasteiger partial charge in [0.2, 0.25) is 0 Å². The van der Waals surface area contributed by atoms with E-state index in [1.807, 2.05) is 42.4 Å². The number of hydrogen-bond acceptors (Lipinski definition) is 9. The summed E-state index contributed by atoms with van der Waals surface area (Å²) in [5.74, 6) is -0.189. The number of aryl methyl sites for hydroxylation is 1. The van der Waals surface area contributed by atoms with Crippen molar-refractivity contribution in [2.24, 2.45) is 5.41 Å². The quantitative estimate of drug-likeness (QED) is 0.125. The minimum atomic E-state index is -0.609. The summed E-state index contributed by atoms with van der Waals surface area (Å²) < 4.78 is 21.9. The summed E-state index contributed by atoms with van der Waals surface area (Å²) in [6, 6.07) is 6.13. The molecule has 0 radical (unpaired) electrons. The monoisotopic (exact) mass is 639 g/mol. The summed E-state index contributed by atoms with van der Waals surface area (Å²) in [6.45, 7) is 14.0. The Labute approximate surface area is 274 Å². The Morgan fingerprint density at radius 1 is 0.935 bits per heavy atom. The molecule has 0 aliphatic carbocycles. The maximum Gasteiger partial charge on any atom is 0.311 e. The summed E-state index contributed by atoms with van der Waals surface area (Å²) in [6.07, 6.45) is 10.9. The summed E-state index contributed by atoms with van der Waals surface area (Å²) in [5.41, 5.74) is 4.81. The van der Waals surface area contributed by atoms with Gasteiger partial charge in [-0.25, -0.2) is 0 Å². The normalized spacial score (nSPS) is 14.2. The Morgan fingerprint density at radius 3 is 2.20 bits per heavy atom. The summed E-state index contributed by atoms with van der Waals surface area (Å²) >= 11 is 0. The van der Waals surface area contributed by atoms with Crippen LogP contribution in [0.3, 0.4) is 0 Å². The van der Waals surface area contributed by atoms with Crippen LogP contribution in [0, 0.1) is 5.41 Å². The number of hydrogen-bond donors (Lipinski definition) is 1. The van der Waals surface area contributed by atoms with Crippen LogP contribution in [-0.2, 0) is 46.4 Å². The van der Waals surface area contributed by atoms with Gasteiger partial charge in [0.15, 0.2) is 0 Å². The molecule has 1 heterocycles. The Hall–Kier alpha value is -3.37. The molecule has 1 aromatic rings. The average Bonchev–Trinajstić information content (AvgIpc) is 3.01. The summed E-state index contributed by atoms with van der Waals surface area (Å²) in [5, 5.41) is 10.2. The van der Waals surface area contributed by atoms with Gasteiger partial charge in [0.05, 0.1) is 45.1 Å². The van der Waals surface area contributed by atoms with Crippen LogP contribution in [0.15, 0.2) is 60.5 Å². The van der Waals surface area contributed by atoms with Crippen LogP contribution in [-0.4, -0.2) is 80.8 Å². The van der Waals surface area contributed by atoms with Crippen LogP contribution in [0.5, 0.6) is 0 Å². The molecule has 0 amide bonds. The molecule has 0 saturated heterocycles. The number of aliphatic hydroxyl groups is 1. The largest absolute Gasteiger partial charge is 0.465 e. The van der Waals surface area contributed by atoms with Crippen LogP contribution < -0.4 is 0 Å². The van der Waals surface area contributed by atoms with Gasteiger partial charge in [0.1, 0.15) is 11.6 Å². The van der Waals surface area contributed by atoms with Gasteiger partial charge in [0, 0.05) is 51.4 Å². The van der Waals surface area contributed by atoms with Gasteiger partial charge in [-0.05, 0) is 86.9 Å². The first kappa shape index (κ1) is 38.8. The lowest BCUT2D eigenvalue weighted by Gasteiger charge is -2.24. The highest BCUT2D eigenvalue weighted by molar-refractivity contribution is 5.84. The van der Waals surface area contributed by atoms with Crippen molar-refractivity contribution >= 4 is 23.1 Å². The van der Waals surface area contributed by atoms with E-state index < -0.39 is 5.41 Å².